The van der Waals surface area contributed by atoms with Gasteiger partial charge in [0, 0.05) is 36.2 Å². The summed E-state index contributed by atoms with van der Waals surface area (Å²) >= 11 is 2.23. The molecule has 2 fully saturated rings. The second kappa shape index (κ2) is 6.48. The van der Waals surface area contributed by atoms with Crippen LogP contribution in [0.25, 0.3) is 0 Å². The molecule has 2 nitrogen and oxygen atoms in total. The van der Waals surface area contributed by atoms with Gasteiger partial charge in [-0.2, -0.15) is 11.8 Å². The average Bonchev–Trinajstić information content (AvgIpc) is 2.17. The lowest BCUT2D eigenvalue weighted by molar-refractivity contribution is 0.212. The highest BCUT2D eigenvalue weighted by atomic mass is 35.5. The summed E-state index contributed by atoms with van der Waals surface area (Å²) in [5.41, 5.74) is 5.89. The van der Waals surface area contributed by atoms with Crippen molar-refractivity contribution in [3.8, 4) is 0 Å². The third-order valence-corrected chi connectivity index (χ3v) is 5.17. The quantitative estimate of drug-likeness (QED) is 0.831. The monoisotopic (exact) mass is 264 g/mol. The van der Waals surface area contributed by atoms with Gasteiger partial charge >= 0.3 is 0 Å². The van der Waals surface area contributed by atoms with E-state index in [1.54, 1.807) is 0 Å². The molecule has 2 N–H and O–H groups in total. The van der Waals surface area contributed by atoms with E-state index in [-0.39, 0.29) is 12.4 Å². The Morgan fingerprint density at radius 1 is 1.31 bits per heavy atom. The second-order valence-electron chi connectivity index (χ2n) is 5.30. The predicted octanol–water partition coefficient (Wildman–Crippen LogP) is 2.51. The van der Waals surface area contributed by atoms with Crippen LogP contribution in [-0.2, 0) is 0 Å². The van der Waals surface area contributed by atoms with E-state index in [0.717, 1.165) is 6.54 Å². The van der Waals surface area contributed by atoms with Gasteiger partial charge in [-0.25, -0.2) is 0 Å². The lowest BCUT2D eigenvalue weighted by atomic mass is 9.87. The van der Waals surface area contributed by atoms with Crippen molar-refractivity contribution in [3.05, 3.63) is 0 Å². The van der Waals surface area contributed by atoms with Crippen LogP contribution in [0.1, 0.15) is 39.0 Å². The molecule has 1 aliphatic carbocycles. The summed E-state index contributed by atoms with van der Waals surface area (Å²) in [4.78, 5) is 2.59. The average molecular weight is 265 g/mol. The van der Waals surface area contributed by atoms with Crippen LogP contribution in [0.2, 0.25) is 0 Å². The van der Waals surface area contributed by atoms with Crippen LogP contribution in [0.15, 0.2) is 0 Å². The van der Waals surface area contributed by atoms with Crippen molar-refractivity contribution in [1.29, 1.82) is 0 Å². The smallest absolute Gasteiger partial charge is 0.0287 e. The van der Waals surface area contributed by atoms with Gasteiger partial charge in [0.15, 0.2) is 0 Å². The van der Waals surface area contributed by atoms with Gasteiger partial charge in [-0.15, -0.1) is 12.4 Å². The SMILES string of the molecule is CC(N)CN1CCSC2(CCCCC2)C1.Cl. The third kappa shape index (κ3) is 3.80. The van der Waals surface area contributed by atoms with E-state index in [2.05, 4.69) is 23.6 Å². The molecule has 1 saturated carbocycles. The zero-order valence-corrected chi connectivity index (χ0v) is 11.9. The van der Waals surface area contributed by atoms with Gasteiger partial charge in [-0.05, 0) is 19.8 Å². The summed E-state index contributed by atoms with van der Waals surface area (Å²) in [5, 5.41) is 0. The molecule has 1 aliphatic heterocycles. The van der Waals surface area contributed by atoms with Crippen molar-refractivity contribution >= 4 is 24.2 Å². The van der Waals surface area contributed by atoms with Gasteiger partial charge in [-0.3, -0.25) is 4.90 Å². The van der Waals surface area contributed by atoms with Crippen LogP contribution in [0, 0.1) is 0 Å². The molecule has 1 saturated heterocycles. The maximum atomic E-state index is 5.89. The fourth-order valence-corrected chi connectivity index (χ4v) is 4.62. The Balaban J connectivity index is 0.00000128. The molecular weight excluding hydrogens is 240 g/mol. The first-order chi connectivity index (χ1) is 7.20. The Bertz CT molecular complexity index is 200. The summed E-state index contributed by atoms with van der Waals surface area (Å²) in [6.45, 7) is 5.74. The first-order valence-corrected chi connectivity index (χ1v) is 7.31. The number of nitrogens with zero attached hydrogens (tertiary/aromatic N) is 1. The zero-order valence-electron chi connectivity index (χ0n) is 10.3. The molecule has 0 radical (unpaired) electrons. The van der Waals surface area contributed by atoms with Crippen LogP contribution in [0.5, 0.6) is 0 Å². The van der Waals surface area contributed by atoms with E-state index in [1.165, 1.54) is 50.9 Å². The minimum atomic E-state index is 0. The predicted molar refractivity (Wildman–Crippen MR) is 75.6 cm³/mol. The molecule has 0 aromatic rings. The number of hydrogen-bond donors (Lipinski definition) is 1. The highest BCUT2D eigenvalue weighted by Gasteiger charge is 2.37. The van der Waals surface area contributed by atoms with Gasteiger partial charge in [0.05, 0.1) is 0 Å². The Morgan fingerprint density at radius 3 is 2.62 bits per heavy atom. The molecule has 2 rings (SSSR count). The molecule has 16 heavy (non-hydrogen) atoms. The lowest BCUT2D eigenvalue weighted by Crippen LogP contribution is -2.50. The molecular formula is C12H25ClN2S. The molecule has 1 heterocycles. The first kappa shape index (κ1) is 14.6. The Labute approximate surface area is 110 Å². The van der Waals surface area contributed by atoms with Crippen molar-refractivity contribution < 1.29 is 0 Å². The third-order valence-electron chi connectivity index (χ3n) is 3.64. The molecule has 1 atom stereocenters. The van der Waals surface area contributed by atoms with Crippen molar-refractivity contribution in [2.24, 2.45) is 5.73 Å². The van der Waals surface area contributed by atoms with Gasteiger partial charge in [-0.1, -0.05) is 19.3 Å². The molecule has 96 valence electrons. The number of hydrogen-bond acceptors (Lipinski definition) is 3. The Kier molecular flexibility index (Phi) is 5.92. The van der Waals surface area contributed by atoms with E-state index in [9.17, 15) is 0 Å². The van der Waals surface area contributed by atoms with Crippen LogP contribution < -0.4 is 5.73 Å². The van der Waals surface area contributed by atoms with E-state index >= 15 is 0 Å². The molecule has 0 bridgehead atoms. The fourth-order valence-electron chi connectivity index (χ4n) is 2.99. The van der Waals surface area contributed by atoms with E-state index in [4.69, 9.17) is 5.73 Å². The Morgan fingerprint density at radius 2 is 2.00 bits per heavy atom. The summed E-state index contributed by atoms with van der Waals surface area (Å²) in [7, 11) is 0. The van der Waals surface area contributed by atoms with Gasteiger partial charge in [0.25, 0.3) is 0 Å². The van der Waals surface area contributed by atoms with E-state index in [0.29, 0.717) is 10.8 Å². The summed E-state index contributed by atoms with van der Waals surface area (Å²) in [6, 6.07) is 0.328. The standard InChI is InChI=1S/C12H24N2S.ClH/c1-11(13)9-14-7-8-15-12(10-14)5-3-2-4-6-12;/h11H,2-10,13H2,1H3;1H. The second-order valence-corrected chi connectivity index (χ2v) is 6.87. The van der Waals surface area contributed by atoms with Crippen molar-refractivity contribution in [2.75, 3.05) is 25.4 Å². The number of thioether (sulfide) groups is 1. The molecule has 1 unspecified atom stereocenters. The van der Waals surface area contributed by atoms with E-state index in [1.807, 2.05) is 0 Å². The number of nitrogens with two attached hydrogens (primary N) is 1. The van der Waals surface area contributed by atoms with E-state index < -0.39 is 0 Å². The van der Waals surface area contributed by atoms with Crippen molar-refractivity contribution in [1.82, 2.24) is 4.90 Å². The van der Waals surface area contributed by atoms with Crippen LogP contribution in [0.4, 0.5) is 0 Å². The number of halogens is 1. The minimum Gasteiger partial charge on any atom is -0.327 e. The van der Waals surface area contributed by atoms with Gasteiger partial charge < -0.3 is 5.73 Å². The van der Waals surface area contributed by atoms with Crippen LogP contribution in [-0.4, -0.2) is 41.1 Å². The minimum absolute atomic E-state index is 0. The van der Waals surface area contributed by atoms with Gasteiger partial charge in [0.1, 0.15) is 0 Å². The fraction of sp³-hybridized carbons (Fsp3) is 1.00. The lowest BCUT2D eigenvalue weighted by Gasteiger charge is -2.45. The Hall–Kier alpha value is 0.560. The topological polar surface area (TPSA) is 29.3 Å². The summed E-state index contributed by atoms with van der Waals surface area (Å²) < 4.78 is 0.603. The van der Waals surface area contributed by atoms with Crippen LogP contribution in [0.3, 0.4) is 0 Å². The maximum absolute atomic E-state index is 5.89. The van der Waals surface area contributed by atoms with Crippen LogP contribution >= 0.6 is 24.2 Å². The summed E-state index contributed by atoms with van der Waals surface area (Å²) in [5.74, 6) is 1.31. The molecule has 0 amide bonds. The highest BCUT2D eigenvalue weighted by Crippen LogP contribution is 2.42. The first-order valence-electron chi connectivity index (χ1n) is 6.32. The molecule has 4 heteroatoms. The largest absolute Gasteiger partial charge is 0.327 e. The molecule has 0 aromatic heterocycles. The zero-order chi connectivity index (χ0) is 10.7. The normalized spacial score (nSPS) is 27.4. The molecule has 1 spiro atoms. The number of rotatable bonds is 2. The summed E-state index contributed by atoms with van der Waals surface area (Å²) in [6.07, 6.45) is 7.22. The molecule has 0 aromatic carbocycles. The van der Waals surface area contributed by atoms with Crippen molar-refractivity contribution in [2.45, 2.75) is 49.8 Å². The molecule has 2 aliphatic rings. The van der Waals surface area contributed by atoms with Crippen molar-refractivity contribution in [3.63, 3.8) is 0 Å². The maximum Gasteiger partial charge on any atom is 0.0287 e. The van der Waals surface area contributed by atoms with Gasteiger partial charge in [0.2, 0.25) is 0 Å². The highest BCUT2D eigenvalue weighted by molar-refractivity contribution is 8.00.